The zero-order valence-corrected chi connectivity index (χ0v) is 18.8. The molecule has 0 atom stereocenters. The molecule has 0 bridgehead atoms. The van der Waals surface area contributed by atoms with Crippen molar-refractivity contribution in [1.29, 1.82) is 0 Å². The molecule has 0 aliphatic carbocycles. The summed E-state index contributed by atoms with van der Waals surface area (Å²) in [5, 5.41) is 0. The van der Waals surface area contributed by atoms with Crippen molar-refractivity contribution in [1.82, 2.24) is 4.90 Å². The predicted molar refractivity (Wildman–Crippen MR) is 123 cm³/mol. The number of carbonyl (C=O) groups is 1. The van der Waals surface area contributed by atoms with Crippen LogP contribution in [0.5, 0.6) is 0 Å². The highest BCUT2D eigenvalue weighted by Crippen LogP contribution is 2.25. The number of carbonyl (C=O) groups excluding carboxylic acids is 1. The molecule has 0 spiro atoms. The van der Waals surface area contributed by atoms with Gasteiger partial charge in [-0.2, -0.15) is 0 Å². The molecule has 1 aliphatic rings. The molecular formula is C24H23F2N3O3S. The third kappa shape index (κ3) is 4.83. The third-order valence-electron chi connectivity index (χ3n) is 5.59. The van der Waals surface area contributed by atoms with E-state index in [-0.39, 0.29) is 33.4 Å². The number of hydrogen-bond acceptors (Lipinski definition) is 4. The van der Waals surface area contributed by atoms with E-state index in [1.165, 1.54) is 25.1 Å². The summed E-state index contributed by atoms with van der Waals surface area (Å²) in [4.78, 5) is 16.6. The van der Waals surface area contributed by atoms with Gasteiger partial charge in [-0.25, -0.2) is 17.2 Å². The van der Waals surface area contributed by atoms with Crippen molar-refractivity contribution in [3.63, 3.8) is 0 Å². The second-order valence-corrected chi connectivity index (χ2v) is 9.44. The fraction of sp³-hybridized carbons (Fsp3) is 0.208. The van der Waals surface area contributed by atoms with Crippen LogP contribution in [-0.2, 0) is 10.0 Å². The number of nitrogens with zero attached hydrogens (tertiary/aromatic N) is 2. The van der Waals surface area contributed by atoms with E-state index in [2.05, 4.69) is 4.72 Å². The zero-order chi connectivity index (χ0) is 23.6. The van der Waals surface area contributed by atoms with Crippen molar-refractivity contribution in [2.45, 2.75) is 11.8 Å². The van der Waals surface area contributed by atoms with Crippen molar-refractivity contribution in [3.8, 4) is 0 Å². The summed E-state index contributed by atoms with van der Waals surface area (Å²) in [5.41, 5.74) is 1.10. The maximum absolute atomic E-state index is 14.1. The van der Waals surface area contributed by atoms with Crippen molar-refractivity contribution >= 4 is 27.3 Å². The van der Waals surface area contributed by atoms with Crippen LogP contribution in [-0.4, -0.2) is 45.4 Å². The van der Waals surface area contributed by atoms with Crippen LogP contribution in [0, 0.1) is 18.6 Å². The molecule has 0 unspecified atom stereocenters. The first-order valence-corrected chi connectivity index (χ1v) is 11.9. The summed E-state index contributed by atoms with van der Waals surface area (Å²) >= 11 is 0. The van der Waals surface area contributed by atoms with Crippen LogP contribution in [0.2, 0.25) is 0 Å². The first kappa shape index (κ1) is 22.7. The van der Waals surface area contributed by atoms with Crippen LogP contribution >= 0.6 is 0 Å². The van der Waals surface area contributed by atoms with E-state index in [9.17, 15) is 22.0 Å². The van der Waals surface area contributed by atoms with E-state index < -0.39 is 15.8 Å². The second kappa shape index (κ2) is 9.19. The maximum atomic E-state index is 14.1. The molecule has 1 aliphatic heterocycles. The Balaban J connectivity index is 1.52. The van der Waals surface area contributed by atoms with Crippen molar-refractivity contribution in [3.05, 3.63) is 89.5 Å². The summed E-state index contributed by atoms with van der Waals surface area (Å²) < 4.78 is 55.8. The van der Waals surface area contributed by atoms with Gasteiger partial charge in [0, 0.05) is 26.2 Å². The fourth-order valence-electron chi connectivity index (χ4n) is 3.90. The van der Waals surface area contributed by atoms with Crippen molar-refractivity contribution < 1.29 is 22.0 Å². The van der Waals surface area contributed by atoms with Gasteiger partial charge in [-0.15, -0.1) is 0 Å². The SMILES string of the molecule is Cc1cc(F)ccc1S(=O)(=O)Nc1ccccc1C(=O)N1CCN(c2ccccc2F)CC1. The molecule has 1 fully saturated rings. The van der Waals surface area contributed by atoms with Crippen molar-refractivity contribution in [2.24, 2.45) is 0 Å². The Morgan fingerprint density at radius 3 is 2.27 bits per heavy atom. The molecule has 172 valence electrons. The lowest BCUT2D eigenvalue weighted by Crippen LogP contribution is -2.49. The Hall–Kier alpha value is -3.46. The molecule has 1 amide bonds. The first-order valence-electron chi connectivity index (χ1n) is 10.4. The van der Waals surface area contributed by atoms with E-state index in [0.29, 0.717) is 31.9 Å². The lowest BCUT2D eigenvalue weighted by molar-refractivity contribution is 0.0747. The van der Waals surface area contributed by atoms with Gasteiger partial charge < -0.3 is 9.80 Å². The van der Waals surface area contributed by atoms with Crippen molar-refractivity contribution in [2.75, 3.05) is 35.8 Å². The Morgan fingerprint density at radius 2 is 1.58 bits per heavy atom. The van der Waals surface area contributed by atoms with Gasteiger partial charge in [-0.05, 0) is 55.0 Å². The summed E-state index contributed by atoms with van der Waals surface area (Å²) in [6.07, 6.45) is 0. The van der Waals surface area contributed by atoms with E-state index in [0.717, 1.165) is 12.1 Å². The number of nitrogens with one attached hydrogen (secondary N) is 1. The summed E-state index contributed by atoms with van der Waals surface area (Å²) in [7, 11) is -4.03. The van der Waals surface area contributed by atoms with Gasteiger partial charge in [-0.1, -0.05) is 24.3 Å². The number of amides is 1. The molecule has 3 aromatic carbocycles. The fourth-order valence-corrected chi connectivity index (χ4v) is 5.21. The normalized spacial score (nSPS) is 14.3. The maximum Gasteiger partial charge on any atom is 0.262 e. The van der Waals surface area contributed by atoms with Crippen LogP contribution in [0.4, 0.5) is 20.2 Å². The number of rotatable bonds is 5. The molecule has 1 heterocycles. The Labute approximate surface area is 191 Å². The average Bonchev–Trinajstić information content (AvgIpc) is 2.79. The van der Waals surface area contributed by atoms with Gasteiger partial charge in [0.2, 0.25) is 0 Å². The van der Waals surface area contributed by atoms with Crippen LogP contribution in [0.15, 0.2) is 71.6 Å². The number of benzene rings is 3. The minimum Gasteiger partial charge on any atom is -0.366 e. The lowest BCUT2D eigenvalue weighted by atomic mass is 10.1. The number of piperazine rings is 1. The number of halogens is 2. The average molecular weight is 472 g/mol. The Morgan fingerprint density at radius 1 is 0.909 bits per heavy atom. The Bertz CT molecular complexity index is 1290. The number of para-hydroxylation sites is 2. The first-order chi connectivity index (χ1) is 15.8. The van der Waals surface area contributed by atoms with Crippen LogP contribution in [0.3, 0.4) is 0 Å². The predicted octanol–water partition coefficient (Wildman–Crippen LogP) is 4.04. The van der Waals surface area contributed by atoms with E-state index >= 15 is 0 Å². The smallest absolute Gasteiger partial charge is 0.262 e. The summed E-state index contributed by atoms with van der Waals surface area (Å²) in [6, 6.07) is 16.3. The van der Waals surface area contributed by atoms with Gasteiger partial charge in [0.1, 0.15) is 11.6 Å². The highest BCUT2D eigenvalue weighted by atomic mass is 32.2. The largest absolute Gasteiger partial charge is 0.366 e. The number of anilines is 2. The van der Waals surface area contributed by atoms with Gasteiger partial charge in [0.25, 0.3) is 15.9 Å². The minimum absolute atomic E-state index is 0.0651. The molecule has 6 nitrogen and oxygen atoms in total. The Kier molecular flexibility index (Phi) is 6.33. The molecule has 4 rings (SSSR count). The summed E-state index contributed by atoms with van der Waals surface area (Å²) in [5.74, 6) is -1.16. The van der Waals surface area contributed by atoms with E-state index in [1.54, 1.807) is 41.3 Å². The van der Waals surface area contributed by atoms with E-state index in [4.69, 9.17) is 0 Å². The van der Waals surface area contributed by atoms with Crippen LogP contribution in [0.25, 0.3) is 0 Å². The van der Waals surface area contributed by atoms with Gasteiger partial charge in [0.15, 0.2) is 0 Å². The van der Waals surface area contributed by atoms with E-state index in [1.807, 2.05) is 4.90 Å². The third-order valence-corrected chi connectivity index (χ3v) is 7.11. The number of sulfonamides is 1. The molecule has 33 heavy (non-hydrogen) atoms. The van der Waals surface area contributed by atoms with Gasteiger partial charge >= 0.3 is 0 Å². The lowest BCUT2D eigenvalue weighted by Gasteiger charge is -2.36. The molecule has 0 radical (unpaired) electrons. The molecule has 0 aromatic heterocycles. The molecular weight excluding hydrogens is 448 g/mol. The highest BCUT2D eigenvalue weighted by Gasteiger charge is 2.26. The molecule has 1 N–H and O–H groups in total. The quantitative estimate of drug-likeness (QED) is 0.610. The summed E-state index contributed by atoms with van der Waals surface area (Å²) in [6.45, 7) is 3.14. The monoisotopic (exact) mass is 471 g/mol. The van der Waals surface area contributed by atoms with Crippen LogP contribution in [0.1, 0.15) is 15.9 Å². The molecule has 1 saturated heterocycles. The zero-order valence-electron chi connectivity index (χ0n) is 18.0. The molecule has 9 heteroatoms. The second-order valence-electron chi connectivity index (χ2n) is 7.79. The number of aryl methyl sites for hydroxylation is 1. The molecule has 3 aromatic rings. The highest BCUT2D eigenvalue weighted by molar-refractivity contribution is 7.92. The van der Waals surface area contributed by atoms with Gasteiger partial charge in [0.05, 0.1) is 21.8 Å². The molecule has 0 saturated carbocycles. The number of hydrogen-bond donors (Lipinski definition) is 1. The van der Waals surface area contributed by atoms with Gasteiger partial charge in [-0.3, -0.25) is 9.52 Å². The van der Waals surface area contributed by atoms with Crippen LogP contribution < -0.4 is 9.62 Å². The minimum atomic E-state index is -4.03. The standard InChI is InChI=1S/C24H23F2N3O3S/c1-17-16-18(25)10-11-23(17)33(31,32)27-21-8-4-2-6-19(21)24(30)29-14-12-28(13-15-29)22-9-5-3-7-20(22)26/h2-11,16,27H,12-15H2,1H3. The topological polar surface area (TPSA) is 69.7 Å².